The van der Waals surface area contributed by atoms with E-state index in [0.717, 1.165) is 32.0 Å². The molecule has 5 rings (SSSR count). The zero-order valence-corrected chi connectivity index (χ0v) is 18.1. The highest BCUT2D eigenvalue weighted by atomic mass is 32.1. The van der Waals surface area contributed by atoms with E-state index in [1.165, 1.54) is 11.3 Å². The highest BCUT2D eigenvalue weighted by molar-refractivity contribution is 7.19. The number of hydrogen-bond donors (Lipinski definition) is 3. The summed E-state index contributed by atoms with van der Waals surface area (Å²) in [4.78, 5) is 23.4. The molecular weight excluding hydrogens is 428 g/mol. The van der Waals surface area contributed by atoms with Crippen LogP contribution in [0.5, 0.6) is 0 Å². The first-order chi connectivity index (χ1) is 15.1. The molecule has 9 heteroatoms. The summed E-state index contributed by atoms with van der Waals surface area (Å²) in [6.45, 7) is 2.04. The molecule has 31 heavy (non-hydrogen) atoms. The molecular formula is C22H18N6OS2. The second-order valence-corrected chi connectivity index (χ2v) is 9.11. The average molecular weight is 447 g/mol. The van der Waals surface area contributed by atoms with E-state index in [1.807, 2.05) is 60.1 Å². The number of pyridine rings is 1. The number of nitrogens with one attached hydrogen (secondary N) is 2. The maximum absolute atomic E-state index is 12.6. The minimum Gasteiger partial charge on any atom is -0.397 e. The number of carbonyl (C=O) groups excluding carboxylic acids is 1. The van der Waals surface area contributed by atoms with Crippen LogP contribution in [0.2, 0.25) is 0 Å². The molecule has 0 aliphatic heterocycles. The van der Waals surface area contributed by atoms with Crippen molar-refractivity contribution < 1.29 is 4.79 Å². The molecule has 0 saturated carbocycles. The molecule has 0 bridgehead atoms. The quantitative estimate of drug-likeness (QED) is 0.314. The molecule has 1 aromatic carbocycles. The largest absolute Gasteiger partial charge is 0.397 e. The van der Waals surface area contributed by atoms with Crippen molar-refractivity contribution in [2.24, 2.45) is 0 Å². The Morgan fingerprint density at radius 2 is 1.90 bits per heavy atom. The van der Waals surface area contributed by atoms with E-state index in [1.54, 1.807) is 29.5 Å². The van der Waals surface area contributed by atoms with Crippen LogP contribution in [0.3, 0.4) is 0 Å². The van der Waals surface area contributed by atoms with E-state index >= 15 is 0 Å². The third-order valence-corrected chi connectivity index (χ3v) is 6.61. The third kappa shape index (κ3) is 3.76. The Kier molecular flexibility index (Phi) is 4.89. The number of nitrogens with zero attached hydrogens (tertiary/aromatic N) is 3. The molecule has 4 N–H and O–H groups in total. The average Bonchev–Trinajstić information content (AvgIpc) is 3.48. The molecule has 0 fully saturated rings. The molecule has 1 amide bonds. The number of hydrogen-bond acceptors (Lipinski definition) is 7. The summed E-state index contributed by atoms with van der Waals surface area (Å²) < 4.78 is 2.02. The molecule has 4 aromatic heterocycles. The van der Waals surface area contributed by atoms with Crippen molar-refractivity contribution in [3.05, 3.63) is 76.7 Å². The van der Waals surface area contributed by atoms with Crippen molar-refractivity contribution in [3.8, 4) is 11.4 Å². The molecule has 0 spiro atoms. The summed E-state index contributed by atoms with van der Waals surface area (Å²) in [5.41, 5.74) is 9.76. The summed E-state index contributed by atoms with van der Waals surface area (Å²) in [6.07, 6.45) is 3.82. The summed E-state index contributed by atoms with van der Waals surface area (Å²) >= 11 is 2.93. The van der Waals surface area contributed by atoms with Gasteiger partial charge in [0.25, 0.3) is 5.91 Å². The van der Waals surface area contributed by atoms with E-state index in [-0.39, 0.29) is 5.91 Å². The number of anilines is 4. The molecule has 0 saturated heterocycles. The van der Waals surface area contributed by atoms with Crippen LogP contribution in [0.1, 0.15) is 14.5 Å². The van der Waals surface area contributed by atoms with Gasteiger partial charge in [-0.05, 0) is 43.3 Å². The summed E-state index contributed by atoms with van der Waals surface area (Å²) in [6, 6.07) is 16.7. The molecule has 0 unspecified atom stereocenters. The molecule has 4 heterocycles. The van der Waals surface area contributed by atoms with Gasteiger partial charge in [-0.25, -0.2) is 9.97 Å². The number of nitrogens with two attached hydrogens (primary N) is 1. The standard InChI is InChI=1S/C22H18N6OS2/c1-13-20(16-12-24-18-8-4-5-11-28(16)18)27-22(30-13)26-19-10-9-17(31-19)21(29)25-15-7-3-2-6-14(15)23/h2-12H,23H2,1H3,(H,25,29)(H,26,27). The first-order valence-electron chi connectivity index (χ1n) is 9.51. The van der Waals surface area contributed by atoms with Gasteiger partial charge in [-0.3, -0.25) is 9.20 Å². The second-order valence-electron chi connectivity index (χ2n) is 6.83. The molecule has 7 nitrogen and oxygen atoms in total. The van der Waals surface area contributed by atoms with E-state index in [2.05, 4.69) is 15.6 Å². The van der Waals surface area contributed by atoms with Crippen molar-refractivity contribution in [1.29, 1.82) is 0 Å². The van der Waals surface area contributed by atoms with E-state index in [4.69, 9.17) is 10.7 Å². The van der Waals surface area contributed by atoms with E-state index in [0.29, 0.717) is 16.3 Å². The Bertz CT molecular complexity index is 1400. The predicted molar refractivity (Wildman–Crippen MR) is 127 cm³/mol. The highest BCUT2D eigenvalue weighted by Gasteiger charge is 2.16. The number of fused-ring (bicyclic) bond motifs is 1. The fourth-order valence-corrected chi connectivity index (χ4v) is 4.92. The fourth-order valence-electron chi connectivity index (χ4n) is 3.22. The maximum atomic E-state index is 12.6. The van der Waals surface area contributed by atoms with Gasteiger partial charge in [0.1, 0.15) is 11.3 Å². The van der Waals surface area contributed by atoms with Gasteiger partial charge in [0.15, 0.2) is 5.13 Å². The SMILES string of the molecule is Cc1sc(Nc2ccc(C(=O)Nc3ccccc3N)s2)nc1-c1cnc2ccccn12. The first kappa shape index (κ1) is 19.3. The second kappa shape index (κ2) is 7.86. The number of amides is 1. The number of aromatic nitrogens is 3. The minimum absolute atomic E-state index is 0.197. The van der Waals surface area contributed by atoms with Gasteiger partial charge in [0, 0.05) is 11.1 Å². The number of benzene rings is 1. The van der Waals surface area contributed by atoms with Gasteiger partial charge in [-0.1, -0.05) is 18.2 Å². The van der Waals surface area contributed by atoms with Crippen LogP contribution in [0.4, 0.5) is 21.5 Å². The van der Waals surface area contributed by atoms with Crippen LogP contribution >= 0.6 is 22.7 Å². The van der Waals surface area contributed by atoms with Gasteiger partial charge in [0.2, 0.25) is 0 Å². The highest BCUT2D eigenvalue weighted by Crippen LogP contribution is 2.34. The van der Waals surface area contributed by atoms with E-state index < -0.39 is 0 Å². The topological polar surface area (TPSA) is 97.3 Å². The van der Waals surface area contributed by atoms with Crippen LogP contribution in [0, 0.1) is 6.92 Å². The van der Waals surface area contributed by atoms with Crippen LogP contribution in [0.15, 0.2) is 67.0 Å². The number of rotatable bonds is 5. The van der Waals surface area contributed by atoms with Crippen molar-refractivity contribution in [3.63, 3.8) is 0 Å². The van der Waals surface area contributed by atoms with Crippen molar-refractivity contribution >= 4 is 55.7 Å². The number of thiazole rings is 1. The zero-order chi connectivity index (χ0) is 21.4. The molecule has 0 radical (unpaired) electrons. The normalized spacial score (nSPS) is 11.0. The zero-order valence-electron chi connectivity index (χ0n) is 16.5. The lowest BCUT2D eigenvalue weighted by Crippen LogP contribution is -2.11. The number of nitrogen functional groups attached to an aromatic ring is 1. The summed E-state index contributed by atoms with van der Waals surface area (Å²) in [5, 5.41) is 7.77. The number of carbonyl (C=O) groups is 1. The van der Waals surface area contributed by atoms with Crippen LogP contribution in [-0.4, -0.2) is 20.3 Å². The number of imidazole rings is 1. The first-order valence-corrected chi connectivity index (χ1v) is 11.1. The summed E-state index contributed by atoms with van der Waals surface area (Å²) in [5.74, 6) is -0.197. The number of thiophene rings is 1. The van der Waals surface area contributed by atoms with Gasteiger partial charge >= 0.3 is 0 Å². The Morgan fingerprint density at radius 3 is 2.77 bits per heavy atom. The van der Waals surface area contributed by atoms with Crippen LogP contribution < -0.4 is 16.4 Å². The molecule has 0 aliphatic rings. The van der Waals surface area contributed by atoms with Crippen molar-refractivity contribution in [1.82, 2.24) is 14.4 Å². The monoisotopic (exact) mass is 446 g/mol. The lowest BCUT2D eigenvalue weighted by Gasteiger charge is -2.06. The lowest BCUT2D eigenvalue weighted by molar-refractivity contribution is 0.103. The Balaban J connectivity index is 1.35. The van der Waals surface area contributed by atoms with Crippen LogP contribution in [0.25, 0.3) is 17.0 Å². The maximum Gasteiger partial charge on any atom is 0.265 e. The van der Waals surface area contributed by atoms with Gasteiger partial charge in [0.05, 0.1) is 33.1 Å². The molecule has 0 aliphatic carbocycles. The molecule has 5 aromatic rings. The Labute approximate surface area is 186 Å². The van der Waals surface area contributed by atoms with Crippen molar-refractivity contribution in [2.45, 2.75) is 6.92 Å². The lowest BCUT2D eigenvalue weighted by atomic mass is 10.2. The number of aryl methyl sites for hydroxylation is 1. The Hall–Kier alpha value is -3.69. The van der Waals surface area contributed by atoms with Gasteiger partial charge < -0.3 is 16.4 Å². The van der Waals surface area contributed by atoms with Crippen LogP contribution in [-0.2, 0) is 0 Å². The fraction of sp³-hybridized carbons (Fsp3) is 0.0455. The molecule has 154 valence electrons. The summed E-state index contributed by atoms with van der Waals surface area (Å²) in [7, 11) is 0. The number of para-hydroxylation sites is 2. The third-order valence-electron chi connectivity index (χ3n) is 4.73. The van der Waals surface area contributed by atoms with Gasteiger partial charge in [-0.2, -0.15) is 0 Å². The smallest absolute Gasteiger partial charge is 0.265 e. The molecule has 0 atom stereocenters. The van der Waals surface area contributed by atoms with Gasteiger partial charge in [-0.15, -0.1) is 22.7 Å². The van der Waals surface area contributed by atoms with Crippen molar-refractivity contribution in [2.75, 3.05) is 16.4 Å². The minimum atomic E-state index is -0.197. The van der Waals surface area contributed by atoms with E-state index in [9.17, 15) is 4.79 Å². The predicted octanol–water partition coefficient (Wildman–Crippen LogP) is 5.41. The Morgan fingerprint density at radius 1 is 1.06 bits per heavy atom.